The van der Waals surface area contributed by atoms with Gasteiger partial charge >= 0.3 is 0 Å². The number of nitrogens with one attached hydrogen (secondary N) is 2. The Hall–Kier alpha value is -1.60. The van der Waals surface area contributed by atoms with E-state index in [1.54, 1.807) is 0 Å². The lowest BCUT2D eigenvalue weighted by Gasteiger charge is -2.03. The first-order valence-corrected chi connectivity index (χ1v) is 9.54. The molecule has 0 fully saturated rings. The molecule has 0 saturated heterocycles. The van der Waals surface area contributed by atoms with Crippen LogP contribution >= 0.6 is 23.1 Å². The van der Waals surface area contributed by atoms with Crippen molar-refractivity contribution in [1.29, 1.82) is 0 Å². The number of thioether (sulfide) groups is 1. The van der Waals surface area contributed by atoms with Crippen molar-refractivity contribution >= 4 is 39.8 Å². The van der Waals surface area contributed by atoms with Crippen molar-refractivity contribution in [3.63, 3.8) is 0 Å². The largest absolute Gasteiger partial charge is 0.355 e. The monoisotopic (exact) mass is 350 g/mol. The second-order valence-corrected chi connectivity index (χ2v) is 7.41. The van der Waals surface area contributed by atoms with Crippen LogP contribution in [-0.4, -0.2) is 28.4 Å². The van der Waals surface area contributed by atoms with Crippen LogP contribution in [0.2, 0.25) is 0 Å². The fourth-order valence-electron chi connectivity index (χ4n) is 1.95. The summed E-state index contributed by atoms with van der Waals surface area (Å²) >= 11 is 2.88. The number of amides is 1. The van der Waals surface area contributed by atoms with Crippen molar-refractivity contribution in [3.05, 3.63) is 29.8 Å². The molecular weight excluding hydrogens is 328 g/mol. The molecule has 1 aromatic carbocycles. The summed E-state index contributed by atoms with van der Waals surface area (Å²) in [5.74, 6) is 0.431. The highest BCUT2D eigenvalue weighted by atomic mass is 32.2. The van der Waals surface area contributed by atoms with Crippen molar-refractivity contribution in [1.82, 2.24) is 15.5 Å². The number of benzene rings is 1. The van der Waals surface area contributed by atoms with Gasteiger partial charge in [-0.15, -0.1) is 10.2 Å². The molecule has 1 amide bonds. The Morgan fingerprint density at radius 2 is 2.17 bits per heavy atom. The number of aryl methyl sites for hydroxylation is 1. The molecule has 2 rings (SSSR count). The highest BCUT2D eigenvalue weighted by Gasteiger charge is 2.08. The molecule has 0 saturated carbocycles. The minimum Gasteiger partial charge on any atom is -0.355 e. The van der Waals surface area contributed by atoms with Gasteiger partial charge in [0.25, 0.3) is 0 Å². The minimum absolute atomic E-state index is 0.0505. The predicted molar refractivity (Wildman–Crippen MR) is 97.6 cm³/mol. The lowest BCUT2D eigenvalue weighted by atomic mass is 10.2. The maximum atomic E-state index is 11.7. The zero-order valence-electron chi connectivity index (χ0n) is 13.5. The maximum Gasteiger partial charge on any atom is 0.230 e. The average Bonchev–Trinajstić information content (AvgIpc) is 2.97. The molecule has 0 aliphatic heterocycles. The van der Waals surface area contributed by atoms with Gasteiger partial charge in [0.15, 0.2) is 4.34 Å². The zero-order valence-corrected chi connectivity index (χ0v) is 15.1. The molecule has 0 unspecified atom stereocenters. The average molecular weight is 351 g/mol. The summed E-state index contributed by atoms with van der Waals surface area (Å²) < 4.78 is 0.795. The number of carbonyl (C=O) groups is 1. The SMILES string of the molecule is CCCCCNC(=O)CSc1nnc(Nc2cccc(C)c2)s1. The summed E-state index contributed by atoms with van der Waals surface area (Å²) in [5, 5.41) is 15.1. The van der Waals surface area contributed by atoms with Crippen LogP contribution in [0, 0.1) is 6.92 Å². The molecule has 0 aliphatic rings. The van der Waals surface area contributed by atoms with Gasteiger partial charge < -0.3 is 10.6 Å². The van der Waals surface area contributed by atoms with Gasteiger partial charge in [0.2, 0.25) is 11.0 Å². The second kappa shape index (κ2) is 9.52. The van der Waals surface area contributed by atoms with Gasteiger partial charge in [-0.3, -0.25) is 4.79 Å². The molecule has 2 N–H and O–H groups in total. The first-order valence-electron chi connectivity index (χ1n) is 7.74. The van der Waals surface area contributed by atoms with E-state index in [9.17, 15) is 4.79 Å². The van der Waals surface area contributed by atoms with Gasteiger partial charge in [0.1, 0.15) is 0 Å². The van der Waals surface area contributed by atoms with Crippen LogP contribution in [0.15, 0.2) is 28.6 Å². The molecule has 1 aromatic heterocycles. The molecule has 0 radical (unpaired) electrons. The fourth-order valence-corrected chi connectivity index (χ4v) is 3.55. The summed E-state index contributed by atoms with van der Waals surface area (Å²) in [6, 6.07) is 8.09. The van der Waals surface area contributed by atoms with E-state index in [-0.39, 0.29) is 5.91 Å². The Morgan fingerprint density at radius 3 is 2.96 bits per heavy atom. The third-order valence-electron chi connectivity index (χ3n) is 3.11. The van der Waals surface area contributed by atoms with Crippen LogP contribution in [0.3, 0.4) is 0 Å². The first-order chi connectivity index (χ1) is 11.2. The predicted octanol–water partition coefficient (Wildman–Crippen LogP) is 3.99. The highest BCUT2D eigenvalue weighted by Crippen LogP contribution is 2.27. The van der Waals surface area contributed by atoms with Gasteiger partial charge in [-0.1, -0.05) is 55.0 Å². The second-order valence-electron chi connectivity index (χ2n) is 5.21. The number of carbonyl (C=O) groups excluding carboxylic acids is 1. The van der Waals surface area contributed by atoms with Crippen LogP contribution in [0.5, 0.6) is 0 Å². The van der Waals surface area contributed by atoms with Crippen LogP contribution in [0.4, 0.5) is 10.8 Å². The van der Waals surface area contributed by atoms with Gasteiger partial charge in [-0.05, 0) is 31.0 Å². The number of rotatable bonds is 9. The number of hydrogen-bond donors (Lipinski definition) is 2. The van der Waals surface area contributed by atoms with E-state index >= 15 is 0 Å². The fraction of sp³-hybridized carbons (Fsp3) is 0.438. The molecule has 7 heteroatoms. The topological polar surface area (TPSA) is 66.9 Å². The smallest absolute Gasteiger partial charge is 0.230 e. The van der Waals surface area contributed by atoms with Crippen molar-refractivity contribution in [2.75, 3.05) is 17.6 Å². The van der Waals surface area contributed by atoms with E-state index in [1.165, 1.54) is 28.7 Å². The van der Waals surface area contributed by atoms with Crippen LogP contribution in [0.1, 0.15) is 31.7 Å². The standard InChI is InChI=1S/C16H22N4OS2/c1-3-4-5-9-17-14(21)11-22-16-20-19-15(23-16)18-13-8-6-7-12(2)10-13/h6-8,10H,3-5,9,11H2,1-2H3,(H,17,21)(H,18,19). The minimum atomic E-state index is 0.0505. The Kier molecular flexibility index (Phi) is 7.35. The Labute approximate surface area is 145 Å². The van der Waals surface area contributed by atoms with E-state index in [0.29, 0.717) is 5.75 Å². The summed E-state index contributed by atoms with van der Waals surface area (Å²) in [4.78, 5) is 11.7. The quantitative estimate of drug-likeness (QED) is 0.529. The van der Waals surface area contributed by atoms with Crippen LogP contribution in [-0.2, 0) is 4.79 Å². The van der Waals surface area contributed by atoms with Crippen molar-refractivity contribution in [3.8, 4) is 0 Å². The van der Waals surface area contributed by atoms with Crippen LogP contribution in [0.25, 0.3) is 0 Å². The van der Waals surface area contributed by atoms with E-state index in [4.69, 9.17) is 0 Å². The molecule has 0 aliphatic carbocycles. The van der Waals surface area contributed by atoms with Crippen molar-refractivity contribution < 1.29 is 4.79 Å². The van der Waals surface area contributed by atoms with Gasteiger partial charge in [0, 0.05) is 12.2 Å². The summed E-state index contributed by atoms with van der Waals surface area (Å²) in [6.07, 6.45) is 3.35. The third kappa shape index (κ3) is 6.58. The Balaban J connectivity index is 1.75. The molecule has 124 valence electrons. The molecular formula is C16H22N4OS2. The normalized spacial score (nSPS) is 10.5. The third-order valence-corrected chi connectivity index (χ3v) is 5.08. The molecule has 0 atom stereocenters. The number of unbranched alkanes of at least 4 members (excludes halogenated alkanes) is 2. The Bertz CT molecular complexity index is 630. The Morgan fingerprint density at radius 1 is 1.30 bits per heavy atom. The van der Waals surface area contributed by atoms with Gasteiger partial charge in [-0.2, -0.15) is 0 Å². The number of anilines is 2. The highest BCUT2D eigenvalue weighted by molar-refractivity contribution is 8.01. The molecule has 23 heavy (non-hydrogen) atoms. The molecule has 2 aromatic rings. The van der Waals surface area contributed by atoms with E-state index < -0.39 is 0 Å². The summed E-state index contributed by atoms with van der Waals surface area (Å²) in [5.41, 5.74) is 2.18. The van der Waals surface area contributed by atoms with Crippen molar-refractivity contribution in [2.24, 2.45) is 0 Å². The summed E-state index contributed by atoms with van der Waals surface area (Å²) in [7, 11) is 0. The molecule has 0 bridgehead atoms. The zero-order chi connectivity index (χ0) is 16.5. The van der Waals surface area contributed by atoms with E-state index in [2.05, 4.69) is 33.8 Å². The maximum absolute atomic E-state index is 11.7. The van der Waals surface area contributed by atoms with Crippen LogP contribution < -0.4 is 10.6 Å². The van der Waals surface area contributed by atoms with Gasteiger partial charge in [-0.25, -0.2) is 0 Å². The molecule has 1 heterocycles. The number of aromatic nitrogens is 2. The lowest BCUT2D eigenvalue weighted by molar-refractivity contribution is -0.118. The lowest BCUT2D eigenvalue weighted by Crippen LogP contribution is -2.26. The summed E-state index contributed by atoms with van der Waals surface area (Å²) in [6.45, 7) is 4.95. The molecule has 0 spiro atoms. The number of hydrogen-bond acceptors (Lipinski definition) is 6. The van der Waals surface area contributed by atoms with E-state index in [1.807, 2.05) is 25.1 Å². The van der Waals surface area contributed by atoms with Gasteiger partial charge in [0.05, 0.1) is 5.75 Å². The number of nitrogens with zero attached hydrogens (tertiary/aromatic N) is 2. The van der Waals surface area contributed by atoms with E-state index in [0.717, 1.165) is 41.0 Å². The first kappa shape index (κ1) is 17.7. The van der Waals surface area contributed by atoms with Crippen molar-refractivity contribution in [2.45, 2.75) is 37.4 Å². The molecule has 5 nitrogen and oxygen atoms in total.